The number of benzene rings is 2. The van der Waals surface area contributed by atoms with Crippen LogP contribution in [0.3, 0.4) is 0 Å². The SMILES string of the molecule is CN1CCc2cc(C=NNc3ccc(-c4cnco4)cc3)ccc2C1. The fraction of sp³-hybridized carbons (Fsp3) is 0.200. The maximum Gasteiger partial charge on any atom is 0.181 e. The fourth-order valence-electron chi connectivity index (χ4n) is 3.04. The lowest BCUT2D eigenvalue weighted by Crippen LogP contribution is -2.26. The van der Waals surface area contributed by atoms with E-state index in [0.717, 1.165) is 42.1 Å². The van der Waals surface area contributed by atoms with Gasteiger partial charge in [-0.2, -0.15) is 5.10 Å². The first-order valence-electron chi connectivity index (χ1n) is 8.36. The summed E-state index contributed by atoms with van der Waals surface area (Å²) in [6.07, 6.45) is 6.10. The zero-order chi connectivity index (χ0) is 17.1. The molecule has 4 rings (SSSR count). The third kappa shape index (κ3) is 3.61. The van der Waals surface area contributed by atoms with Gasteiger partial charge in [0.1, 0.15) is 0 Å². The molecule has 1 N–H and O–H groups in total. The molecule has 5 nitrogen and oxygen atoms in total. The normalized spacial score (nSPS) is 14.6. The second-order valence-corrected chi connectivity index (χ2v) is 6.33. The van der Waals surface area contributed by atoms with Crippen molar-refractivity contribution >= 4 is 11.9 Å². The van der Waals surface area contributed by atoms with E-state index in [4.69, 9.17) is 4.42 Å². The van der Waals surface area contributed by atoms with Crippen LogP contribution >= 0.6 is 0 Å². The molecular formula is C20H20N4O. The molecule has 2 aromatic carbocycles. The van der Waals surface area contributed by atoms with Crippen LogP contribution in [0.2, 0.25) is 0 Å². The van der Waals surface area contributed by atoms with Gasteiger partial charge in [-0.1, -0.05) is 12.1 Å². The number of fused-ring (bicyclic) bond motifs is 1. The zero-order valence-electron chi connectivity index (χ0n) is 14.1. The zero-order valence-corrected chi connectivity index (χ0v) is 14.1. The third-order valence-corrected chi connectivity index (χ3v) is 4.44. The Bertz CT molecular complexity index is 869. The number of nitrogens with one attached hydrogen (secondary N) is 1. The van der Waals surface area contributed by atoms with Gasteiger partial charge in [-0.05, 0) is 60.5 Å². The highest BCUT2D eigenvalue weighted by atomic mass is 16.3. The molecule has 1 aromatic heterocycles. The van der Waals surface area contributed by atoms with E-state index in [1.54, 1.807) is 6.20 Å². The maximum absolute atomic E-state index is 5.29. The van der Waals surface area contributed by atoms with E-state index in [1.165, 1.54) is 17.5 Å². The molecule has 1 aliphatic heterocycles. The van der Waals surface area contributed by atoms with Crippen molar-refractivity contribution in [2.75, 3.05) is 19.0 Å². The highest BCUT2D eigenvalue weighted by molar-refractivity contribution is 5.80. The first-order valence-corrected chi connectivity index (χ1v) is 8.36. The lowest BCUT2D eigenvalue weighted by molar-refractivity contribution is 0.313. The molecule has 0 unspecified atom stereocenters. The summed E-state index contributed by atoms with van der Waals surface area (Å²) in [5.41, 5.74) is 8.96. The van der Waals surface area contributed by atoms with Crippen molar-refractivity contribution in [1.29, 1.82) is 0 Å². The number of anilines is 1. The van der Waals surface area contributed by atoms with Crippen molar-refractivity contribution in [3.63, 3.8) is 0 Å². The highest BCUT2D eigenvalue weighted by Crippen LogP contribution is 2.21. The molecule has 0 aliphatic carbocycles. The predicted octanol–water partition coefficient (Wildman–Crippen LogP) is 3.78. The van der Waals surface area contributed by atoms with Crippen LogP contribution in [0.1, 0.15) is 16.7 Å². The molecule has 25 heavy (non-hydrogen) atoms. The largest absolute Gasteiger partial charge is 0.444 e. The molecule has 0 amide bonds. The van der Waals surface area contributed by atoms with Crippen molar-refractivity contribution in [3.8, 4) is 11.3 Å². The summed E-state index contributed by atoms with van der Waals surface area (Å²) in [7, 11) is 2.16. The molecule has 126 valence electrons. The molecule has 2 heterocycles. The fourth-order valence-corrected chi connectivity index (χ4v) is 3.04. The minimum Gasteiger partial charge on any atom is -0.444 e. The number of hydrogen-bond acceptors (Lipinski definition) is 5. The molecule has 0 spiro atoms. The summed E-state index contributed by atoms with van der Waals surface area (Å²) in [5, 5.41) is 4.35. The number of nitrogens with zero attached hydrogens (tertiary/aromatic N) is 3. The van der Waals surface area contributed by atoms with E-state index in [-0.39, 0.29) is 0 Å². The molecule has 5 heteroatoms. The molecule has 0 saturated heterocycles. The maximum atomic E-state index is 5.29. The Labute approximate surface area is 147 Å². The number of aromatic nitrogens is 1. The van der Waals surface area contributed by atoms with Gasteiger partial charge in [0.15, 0.2) is 12.2 Å². The minimum atomic E-state index is 0.759. The summed E-state index contributed by atoms with van der Waals surface area (Å²) < 4.78 is 5.29. The smallest absolute Gasteiger partial charge is 0.181 e. The van der Waals surface area contributed by atoms with Crippen LogP contribution < -0.4 is 5.43 Å². The summed E-state index contributed by atoms with van der Waals surface area (Å²) in [6.45, 7) is 2.14. The molecule has 3 aromatic rings. The molecule has 0 radical (unpaired) electrons. The van der Waals surface area contributed by atoms with Gasteiger partial charge in [-0.3, -0.25) is 5.43 Å². The van der Waals surface area contributed by atoms with Crippen LogP contribution in [-0.2, 0) is 13.0 Å². The molecule has 1 aliphatic rings. The molecular weight excluding hydrogens is 312 g/mol. The Balaban J connectivity index is 1.41. The van der Waals surface area contributed by atoms with Gasteiger partial charge in [-0.15, -0.1) is 0 Å². The second-order valence-electron chi connectivity index (χ2n) is 6.33. The first-order chi connectivity index (χ1) is 12.3. The van der Waals surface area contributed by atoms with E-state index in [9.17, 15) is 0 Å². The van der Waals surface area contributed by atoms with Crippen LogP contribution in [0, 0.1) is 0 Å². The quantitative estimate of drug-likeness (QED) is 0.583. The van der Waals surface area contributed by atoms with Crippen LogP contribution in [0.5, 0.6) is 0 Å². The van der Waals surface area contributed by atoms with Crippen molar-refractivity contribution in [2.45, 2.75) is 13.0 Å². The molecule has 0 bridgehead atoms. The van der Waals surface area contributed by atoms with Crippen LogP contribution in [0.15, 0.2) is 64.6 Å². The van der Waals surface area contributed by atoms with E-state index in [1.807, 2.05) is 30.5 Å². The first kappa shape index (κ1) is 15.6. The van der Waals surface area contributed by atoms with Gasteiger partial charge in [-0.25, -0.2) is 4.98 Å². The lowest BCUT2D eigenvalue weighted by atomic mass is 9.98. The standard InChI is InChI=1S/C20H20N4O/c1-24-9-8-17-10-15(2-3-18(17)13-24)11-22-23-19-6-4-16(5-7-19)20-12-21-14-25-20/h2-7,10-12,14,23H,8-9,13H2,1H3. The van der Waals surface area contributed by atoms with E-state index >= 15 is 0 Å². The highest BCUT2D eigenvalue weighted by Gasteiger charge is 2.12. The monoisotopic (exact) mass is 332 g/mol. The van der Waals surface area contributed by atoms with Gasteiger partial charge in [0.25, 0.3) is 0 Å². The number of rotatable bonds is 4. The van der Waals surface area contributed by atoms with Gasteiger partial charge < -0.3 is 9.32 Å². The van der Waals surface area contributed by atoms with Crippen molar-refractivity contribution in [3.05, 3.63) is 71.7 Å². The van der Waals surface area contributed by atoms with Crippen molar-refractivity contribution in [2.24, 2.45) is 5.10 Å². The number of hydrazone groups is 1. The van der Waals surface area contributed by atoms with Gasteiger partial charge in [0.2, 0.25) is 0 Å². The van der Waals surface area contributed by atoms with Crippen LogP contribution in [-0.4, -0.2) is 29.7 Å². The van der Waals surface area contributed by atoms with Gasteiger partial charge in [0.05, 0.1) is 18.1 Å². The summed E-state index contributed by atoms with van der Waals surface area (Å²) in [5.74, 6) is 0.759. The Morgan fingerprint density at radius 3 is 2.84 bits per heavy atom. The van der Waals surface area contributed by atoms with Gasteiger partial charge >= 0.3 is 0 Å². The van der Waals surface area contributed by atoms with Crippen molar-refractivity contribution < 1.29 is 4.42 Å². The Morgan fingerprint density at radius 2 is 2.04 bits per heavy atom. The van der Waals surface area contributed by atoms with E-state index < -0.39 is 0 Å². The van der Waals surface area contributed by atoms with Crippen LogP contribution in [0.4, 0.5) is 5.69 Å². The number of oxazole rings is 1. The molecule has 0 fully saturated rings. The topological polar surface area (TPSA) is 53.7 Å². The predicted molar refractivity (Wildman–Crippen MR) is 99.6 cm³/mol. The Kier molecular flexibility index (Phi) is 4.31. The number of likely N-dealkylation sites (N-methyl/N-ethyl adjacent to an activating group) is 1. The van der Waals surface area contributed by atoms with Crippen molar-refractivity contribution in [1.82, 2.24) is 9.88 Å². The lowest BCUT2D eigenvalue weighted by Gasteiger charge is -2.25. The molecule has 0 saturated carbocycles. The Hall–Kier alpha value is -2.92. The van der Waals surface area contributed by atoms with E-state index in [2.05, 4.69) is 45.7 Å². The summed E-state index contributed by atoms with van der Waals surface area (Å²) in [6, 6.07) is 14.5. The van der Waals surface area contributed by atoms with Crippen LogP contribution in [0.25, 0.3) is 11.3 Å². The summed E-state index contributed by atoms with van der Waals surface area (Å²) >= 11 is 0. The number of hydrogen-bond donors (Lipinski definition) is 1. The third-order valence-electron chi connectivity index (χ3n) is 4.44. The summed E-state index contributed by atoms with van der Waals surface area (Å²) in [4.78, 5) is 6.28. The van der Waals surface area contributed by atoms with E-state index in [0.29, 0.717) is 0 Å². The Morgan fingerprint density at radius 1 is 1.16 bits per heavy atom. The molecule has 0 atom stereocenters. The van der Waals surface area contributed by atoms with Gasteiger partial charge in [0, 0.05) is 18.7 Å². The minimum absolute atomic E-state index is 0.759. The average molecular weight is 332 g/mol. The average Bonchev–Trinajstić information content (AvgIpc) is 3.17. The second kappa shape index (κ2) is 6.91.